The zero-order chi connectivity index (χ0) is 12.3. The lowest BCUT2D eigenvalue weighted by atomic mass is 10.2. The number of nitrogens with zero attached hydrogens (tertiary/aromatic N) is 1. The lowest BCUT2D eigenvalue weighted by molar-refractivity contribution is -0.116. The van der Waals surface area contributed by atoms with Crippen molar-refractivity contribution in [2.45, 2.75) is 12.7 Å². The van der Waals surface area contributed by atoms with E-state index in [1.807, 2.05) is 6.07 Å². The molecule has 0 amide bonds. The van der Waals surface area contributed by atoms with Crippen molar-refractivity contribution >= 4 is 0 Å². The van der Waals surface area contributed by atoms with Gasteiger partial charge in [-0.15, -0.1) is 0 Å². The molecule has 90 valence electrons. The van der Waals surface area contributed by atoms with Crippen molar-refractivity contribution in [1.29, 1.82) is 0 Å². The van der Waals surface area contributed by atoms with Crippen molar-refractivity contribution in [3.05, 3.63) is 59.9 Å². The van der Waals surface area contributed by atoms with E-state index in [0.717, 1.165) is 16.6 Å². The van der Waals surface area contributed by atoms with E-state index < -0.39 is 11.9 Å². The number of alkyl halides is 3. The lowest BCUT2D eigenvalue weighted by Crippen LogP contribution is -2.40. The molecular weight excluding hydrogens is 229 g/mol. The maximum absolute atomic E-state index is 12.7. The molecule has 1 aliphatic rings. The van der Waals surface area contributed by atoms with Crippen LogP contribution in [0.4, 0.5) is 13.2 Å². The highest BCUT2D eigenvalue weighted by Crippen LogP contribution is 2.29. The van der Waals surface area contributed by atoms with Crippen molar-refractivity contribution in [3.63, 3.8) is 0 Å². The van der Waals surface area contributed by atoms with Gasteiger partial charge in [-0.25, -0.2) is 0 Å². The predicted octanol–water partition coefficient (Wildman–Crippen LogP) is 2.97. The molecule has 0 radical (unpaired) electrons. The molecule has 0 spiro atoms. The summed E-state index contributed by atoms with van der Waals surface area (Å²) in [5, 5.41) is 1.08. The molecule has 5 heteroatoms. The first-order chi connectivity index (χ1) is 8.07. The van der Waals surface area contributed by atoms with E-state index in [0.29, 0.717) is 0 Å². The van der Waals surface area contributed by atoms with Gasteiger partial charge in [-0.2, -0.15) is 13.2 Å². The number of benzene rings is 1. The Morgan fingerprint density at radius 2 is 1.82 bits per heavy atom. The van der Waals surface area contributed by atoms with Crippen LogP contribution in [0.25, 0.3) is 0 Å². The minimum absolute atomic E-state index is 0.163. The van der Waals surface area contributed by atoms with Gasteiger partial charge in [-0.1, -0.05) is 30.3 Å². The molecule has 0 atom stereocenters. The van der Waals surface area contributed by atoms with Crippen LogP contribution in [0, 0.1) is 0 Å². The fourth-order valence-electron chi connectivity index (χ4n) is 1.58. The van der Waals surface area contributed by atoms with Gasteiger partial charge in [-0.3, -0.25) is 5.01 Å². The Balaban J connectivity index is 2.16. The molecule has 0 aromatic heterocycles. The van der Waals surface area contributed by atoms with E-state index in [1.165, 1.54) is 12.3 Å². The van der Waals surface area contributed by atoms with Crippen LogP contribution in [0.15, 0.2) is 54.4 Å². The molecular formula is C12H11F3N2. The standard InChI is InChI=1S/C12H11F3N2/c13-12(14,15)11-7-4-8-16-17(11)9-10-5-2-1-3-6-10/h1-8,16H,9H2. The average molecular weight is 240 g/mol. The Morgan fingerprint density at radius 3 is 2.47 bits per heavy atom. The first-order valence-corrected chi connectivity index (χ1v) is 5.09. The fourth-order valence-corrected chi connectivity index (χ4v) is 1.58. The highest BCUT2D eigenvalue weighted by Gasteiger charge is 2.38. The maximum Gasteiger partial charge on any atom is 0.432 e. The summed E-state index contributed by atoms with van der Waals surface area (Å²) in [4.78, 5) is 0. The molecule has 1 aliphatic heterocycles. The van der Waals surface area contributed by atoms with Crippen LogP contribution >= 0.6 is 0 Å². The van der Waals surface area contributed by atoms with Gasteiger partial charge < -0.3 is 5.43 Å². The third kappa shape index (κ3) is 2.81. The molecule has 0 aliphatic carbocycles. The topological polar surface area (TPSA) is 15.3 Å². The van der Waals surface area contributed by atoms with Crippen LogP contribution in [0.1, 0.15) is 5.56 Å². The van der Waals surface area contributed by atoms with Crippen LogP contribution in [0.5, 0.6) is 0 Å². The van der Waals surface area contributed by atoms with Crippen LogP contribution in [-0.2, 0) is 6.54 Å². The number of hydrogen-bond acceptors (Lipinski definition) is 2. The van der Waals surface area contributed by atoms with Gasteiger partial charge >= 0.3 is 6.18 Å². The van der Waals surface area contributed by atoms with E-state index in [2.05, 4.69) is 5.43 Å². The average Bonchev–Trinajstić information content (AvgIpc) is 2.30. The van der Waals surface area contributed by atoms with Gasteiger partial charge in [0.1, 0.15) is 5.70 Å². The van der Waals surface area contributed by atoms with Crippen LogP contribution in [-0.4, -0.2) is 11.2 Å². The normalized spacial score (nSPS) is 15.5. The molecule has 0 fully saturated rings. The predicted molar refractivity (Wildman–Crippen MR) is 58.4 cm³/mol. The smallest absolute Gasteiger partial charge is 0.305 e. The summed E-state index contributed by atoms with van der Waals surface area (Å²) in [6, 6.07) is 8.99. The third-order valence-electron chi connectivity index (χ3n) is 2.35. The number of hydrogen-bond donors (Lipinski definition) is 1. The second-order valence-corrected chi connectivity index (χ2v) is 3.61. The number of nitrogens with one attached hydrogen (secondary N) is 1. The van der Waals surface area contributed by atoms with Crippen molar-refractivity contribution in [1.82, 2.24) is 10.4 Å². The molecule has 0 unspecified atom stereocenters. The monoisotopic (exact) mass is 240 g/mol. The van der Waals surface area contributed by atoms with Crippen molar-refractivity contribution < 1.29 is 13.2 Å². The van der Waals surface area contributed by atoms with Gasteiger partial charge in [0.25, 0.3) is 0 Å². The Morgan fingerprint density at radius 1 is 1.12 bits per heavy atom. The first kappa shape index (κ1) is 11.6. The van der Waals surface area contributed by atoms with Crippen LogP contribution in [0.3, 0.4) is 0 Å². The van der Waals surface area contributed by atoms with Crippen LogP contribution < -0.4 is 5.43 Å². The molecule has 1 N–H and O–H groups in total. The maximum atomic E-state index is 12.7. The Kier molecular flexibility index (Phi) is 3.08. The van der Waals surface area contributed by atoms with Gasteiger partial charge in [0.05, 0.1) is 6.54 Å². The van der Waals surface area contributed by atoms with E-state index >= 15 is 0 Å². The second-order valence-electron chi connectivity index (χ2n) is 3.61. The largest absolute Gasteiger partial charge is 0.432 e. The lowest BCUT2D eigenvalue weighted by Gasteiger charge is -2.30. The van der Waals surface area contributed by atoms with Gasteiger partial charge in [0.2, 0.25) is 0 Å². The molecule has 17 heavy (non-hydrogen) atoms. The van der Waals surface area contributed by atoms with Gasteiger partial charge in [0, 0.05) is 6.20 Å². The highest BCUT2D eigenvalue weighted by atomic mass is 19.4. The molecule has 0 bridgehead atoms. The summed E-state index contributed by atoms with van der Waals surface area (Å²) < 4.78 is 38.1. The molecule has 2 nitrogen and oxygen atoms in total. The molecule has 0 saturated carbocycles. The minimum atomic E-state index is -4.35. The highest BCUT2D eigenvalue weighted by molar-refractivity contribution is 5.22. The molecule has 0 saturated heterocycles. The molecule has 1 heterocycles. The summed E-state index contributed by atoms with van der Waals surface area (Å²) in [6.07, 6.45) is -0.492. The summed E-state index contributed by atoms with van der Waals surface area (Å²) in [5.74, 6) is 0. The number of rotatable bonds is 2. The van der Waals surface area contributed by atoms with E-state index in [1.54, 1.807) is 24.3 Å². The zero-order valence-electron chi connectivity index (χ0n) is 8.91. The first-order valence-electron chi connectivity index (χ1n) is 5.09. The molecule has 1 aromatic rings. The molecule has 2 rings (SSSR count). The quantitative estimate of drug-likeness (QED) is 0.855. The van der Waals surface area contributed by atoms with E-state index in [-0.39, 0.29) is 6.54 Å². The summed E-state index contributed by atoms with van der Waals surface area (Å²) >= 11 is 0. The minimum Gasteiger partial charge on any atom is -0.305 e. The van der Waals surface area contributed by atoms with Gasteiger partial charge in [0.15, 0.2) is 0 Å². The van der Waals surface area contributed by atoms with E-state index in [4.69, 9.17) is 0 Å². The zero-order valence-corrected chi connectivity index (χ0v) is 8.91. The number of halogens is 3. The Labute approximate surface area is 97.0 Å². The fraction of sp³-hybridized carbons (Fsp3) is 0.167. The Bertz CT molecular complexity index is 435. The Hall–Kier alpha value is -1.91. The second kappa shape index (κ2) is 4.53. The van der Waals surface area contributed by atoms with Crippen molar-refractivity contribution in [2.75, 3.05) is 0 Å². The van der Waals surface area contributed by atoms with Crippen molar-refractivity contribution in [3.8, 4) is 0 Å². The van der Waals surface area contributed by atoms with Crippen LogP contribution in [0.2, 0.25) is 0 Å². The van der Waals surface area contributed by atoms with Gasteiger partial charge in [-0.05, 0) is 17.7 Å². The van der Waals surface area contributed by atoms with Crippen molar-refractivity contribution in [2.24, 2.45) is 0 Å². The SMILES string of the molecule is FC(F)(F)C1=CC=CNN1Cc1ccccc1. The van der Waals surface area contributed by atoms with E-state index in [9.17, 15) is 13.2 Å². The number of allylic oxidation sites excluding steroid dienone is 3. The summed E-state index contributed by atoms with van der Waals surface area (Å²) in [5.41, 5.74) is 2.71. The number of hydrazine groups is 1. The summed E-state index contributed by atoms with van der Waals surface area (Å²) in [6.45, 7) is 0.163. The third-order valence-corrected chi connectivity index (χ3v) is 2.35. The summed E-state index contributed by atoms with van der Waals surface area (Å²) in [7, 11) is 0. The molecule has 1 aromatic carbocycles.